The van der Waals surface area contributed by atoms with Crippen LogP contribution in [0.4, 0.5) is 0 Å². The Kier molecular flexibility index (Phi) is 9.15. The molecule has 2 aromatic carbocycles. The van der Waals surface area contributed by atoms with Gasteiger partial charge in [0.15, 0.2) is 0 Å². The summed E-state index contributed by atoms with van der Waals surface area (Å²) in [5.41, 5.74) is 1.67. The van der Waals surface area contributed by atoms with Crippen molar-refractivity contribution in [2.45, 2.75) is 52.2 Å². The molecule has 33 heavy (non-hydrogen) atoms. The summed E-state index contributed by atoms with van der Waals surface area (Å²) in [6, 6.07) is 14.5. The molecule has 1 fully saturated rings. The molecule has 1 aliphatic heterocycles. The minimum Gasteiger partial charge on any atom is -0.493 e. The first-order valence-electron chi connectivity index (χ1n) is 11.7. The van der Waals surface area contributed by atoms with Crippen molar-refractivity contribution in [3.63, 3.8) is 0 Å². The Labute approximate surface area is 201 Å². The maximum absolute atomic E-state index is 13.1. The first-order valence-corrected chi connectivity index (χ1v) is 12.0. The number of likely N-dealkylation sites (tertiary alicyclic amines) is 1. The summed E-state index contributed by atoms with van der Waals surface area (Å²) in [6.45, 7) is 8.92. The molecule has 178 valence electrons. The number of hydrogen-bond donors (Lipinski definition) is 2. The number of para-hydroxylation sites is 1. The summed E-state index contributed by atoms with van der Waals surface area (Å²) in [4.78, 5) is 28.3. The zero-order valence-electron chi connectivity index (χ0n) is 19.6. The Balaban J connectivity index is 1.53. The lowest BCUT2D eigenvalue weighted by atomic mass is 9.99. The maximum Gasteiger partial charge on any atom is 0.255 e. The Hall–Kier alpha value is -2.57. The normalized spacial score (nSPS) is 15.8. The number of nitrogens with zero attached hydrogens (tertiary/aromatic N) is 1. The number of amides is 2. The third kappa shape index (κ3) is 7.21. The van der Waals surface area contributed by atoms with Gasteiger partial charge in [-0.05, 0) is 55.5 Å². The smallest absolute Gasteiger partial charge is 0.255 e. The van der Waals surface area contributed by atoms with Crippen molar-refractivity contribution in [2.75, 3.05) is 19.7 Å². The van der Waals surface area contributed by atoms with E-state index in [1.807, 2.05) is 39.0 Å². The average molecular weight is 472 g/mol. The first-order chi connectivity index (χ1) is 15.9. The number of carbonyl (C=O) groups is 2. The van der Waals surface area contributed by atoms with Gasteiger partial charge in [0.25, 0.3) is 5.91 Å². The molecule has 2 aromatic rings. The fourth-order valence-corrected chi connectivity index (χ4v) is 4.19. The number of hydrogen-bond acceptors (Lipinski definition) is 4. The van der Waals surface area contributed by atoms with Gasteiger partial charge in [-0.25, -0.2) is 0 Å². The van der Waals surface area contributed by atoms with E-state index in [-0.39, 0.29) is 23.8 Å². The number of ether oxygens (including phenoxy) is 1. The number of carbonyl (C=O) groups excluding carboxylic acids is 2. The van der Waals surface area contributed by atoms with Crippen LogP contribution in [0.25, 0.3) is 0 Å². The molecule has 2 N–H and O–H groups in total. The summed E-state index contributed by atoms with van der Waals surface area (Å²) in [7, 11) is 0. The number of nitrogens with one attached hydrogen (secondary N) is 2. The van der Waals surface area contributed by atoms with Gasteiger partial charge in [0.05, 0.1) is 12.2 Å². The Morgan fingerprint density at radius 3 is 2.39 bits per heavy atom. The van der Waals surface area contributed by atoms with Gasteiger partial charge in [-0.1, -0.05) is 49.7 Å². The lowest BCUT2D eigenvalue weighted by molar-refractivity contribution is -0.125. The van der Waals surface area contributed by atoms with E-state index in [2.05, 4.69) is 27.7 Å². The van der Waals surface area contributed by atoms with Crippen molar-refractivity contribution in [1.82, 2.24) is 15.5 Å². The molecule has 1 heterocycles. The minimum absolute atomic E-state index is 0.0433. The molecular formula is C26H34ClN3O3. The van der Waals surface area contributed by atoms with Crippen LogP contribution < -0.4 is 15.4 Å². The van der Waals surface area contributed by atoms with E-state index in [9.17, 15) is 9.59 Å². The molecule has 6 nitrogen and oxygen atoms in total. The van der Waals surface area contributed by atoms with E-state index >= 15 is 0 Å². The monoisotopic (exact) mass is 471 g/mol. The standard InChI is InChI=1S/C26H34ClN3O3/c1-4-33-23-8-6-5-7-22(23)25(31)29-24(18(2)3)26(32)28-21-13-15-30(16-14-21)17-19-9-11-20(27)12-10-19/h5-12,18,21,24H,4,13-17H2,1-3H3,(H,28,32)(H,29,31). The summed E-state index contributed by atoms with van der Waals surface area (Å²) in [5, 5.41) is 6.82. The Morgan fingerprint density at radius 2 is 1.76 bits per heavy atom. The molecule has 2 amide bonds. The quantitative estimate of drug-likeness (QED) is 0.572. The van der Waals surface area contributed by atoms with Crippen LogP contribution in [0.1, 0.15) is 49.5 Å². The summed E-state index contributed by atoms with van der Waals surface area (Å²) < 4.78 is 5.57. The molecule has 0 radical (unpaired) electrons. The zero-order chi connectivity index (χ0) is 23.8. The molecule has 0 spiro atoms. The molecule has 1 saturated heterocycles. The van der Waals surface area contributed by atoms with Gasteiger partial charge in [0, 0.05) is 30.7 Å². The molecule has 3 rings (SSSR count). The van der Waals surface area contributed by atoms with E-state index in [0.717, 1.165) is 37.5 Å². The van der Waals surface area contributed by atoms with E-state index in [1.54, 1.807) is 18.2 Å². The molecule has 0 saturated carbocycles. The molecule has 0 aliphatic carbocycles. The second-order valence-electron chi connectivity index (χ2n) is 8.81. The molecule has 1 unspecified atom stereocenters. The van der Waals surface area contributed by atoms with E-state index in [4.69, 9.17) is 16.3 Å². The second-order valence-corrected chi connectivity index (χ2v) is 9.25. The highest BCUT2D eigenvalue weighted by Crippen LogP contribution is 2.19. The highest BCUT2D eigenvalue weighted by Gasteiger charge is 2.29. The van der Waals surface area contributed by atoms with Crippen molar-refractivity contribution in [3.8, 4) is 5.75 Å². The lowest BCUT2D eigenvalue weighted by Crippen LogP contribution is -2.54. The number of benzene rings is 2. The summed E-state index contributed by atoms with van der Waals surface area (Å²) >= 11 is 5.97. The maximum atomic E-state index is 13.1. The van der Waals surface area contributed by atoms with E-state index in [0.29, 0.717) is 17.9 Å². The van der Waals surface area contributed by atoms with E-state index < -0.39 is 6.04 Å². The van der Waals surface area contributed by atoms with Gasteiger partial charge >= 0.3 is 0 Å². The summed E-state index contributed by atoms with van der Waals surface area (Å²) in [5.74, 6) is 0.0424. The van der Waals surface area contributed by atoms with Crippen LogP contribution in [-0.4, -0.2) is 48.5 Å². The number of rotatable bonds is 9. The topological polar surface area (TPSA) is 70.7 Å². The molecule has 1 aliphatic rings. The first kappa shape index (κ1) is 25.1. The lowest BCUT2D eigenvalue weighted by Gasteiger charge is -2.33. The number of piperidine rings is 1. The van der Waals surface area contributed by atoms with Gasteiger partial charge in [0.2, 0.25) is 5.91 Å². The van der Waals surface area contributed by atoms with Crippen molar-refractivity contribution >= 4 is 23.4 Å². The molecule has 7 heteroatoms. The Morgan fingerprint density at radius 1 is 1.09 bits per heavy atom. The summed E-state index contributed by atoms with van der Waals surface area (Å²) in [6.07, 6.45) is 1.76. The zero-order valence-corrected chi connectivity index (χ0v) is 20.4. The van der Waals surface area contributed by atoms with Crippen LogP contribution in [0.5, 0.6) is 5.75 Å². The minimum atomic E-state index is -0.612. The van der Waals surface area contributed by atoms with Gasteiger partial charge < -0.3 is 15.4 Å². The number of halogens is 1. The van der Waals surface area contributed by atoms with Gasteiger partial charge in [-0.2, -0.15) is 0 Å². The van der Waals surface area contributed by atoms with Crippen LogP contribution >= 0.6 is 11.6 Å². The van der Waals surface area contributed by atoms with Crippen molar-refractivity contribution in [3.05, 3.63) is 64.7 Å². The second kappa shape index (κ2) is 12.1. The van der Waals surface area contributed by atoms with Crippen molar-refractivity contribution in [1.29, 1.82) is 0 Å². The van der Waals surface area contributed by atoms with Gasteiger partial charge in [0.1, 0.15) is 11.8 Å². The third-order valence-corrected chi connectivity index (χ3v) is 6.17. The van der Waals surface area contributed by atoms with Crippen LogP contribution in [0.15, 0.2) is 48.5 Å². The molecule has 0 bridgehead atoms. The predicted octanol–water partition coefficient (Wildman–Crippen LogP) is 4.27. The highest BCUT2D eigenvalue weighted by molar-refractivity contribution is 6.30. The van der Waals surface area contributed by atoms with E-state index in [1.165, 1.54) is 5.56 Å². The molecular weight excluding hydrogens is 438 g/mol. The molecule has 0 aromatic heterocycles. The predicted molar refractivity (Wildman–Crippen MR) is 132 cm³/mol. The van der Waals surface area contributed by atoms with Crippen LogP contribution in [0, 0.1) is 5.92 Å². The Bertz CT molecular complexity index is 925. The largest absolute Gasteiger partial charge is 0.493 e. The van der Waals surface area contributed by atoms with Gasteiger partial charge in [-0.3, -0.25) is 14.5 Å². The molecule has 1 atom stereocenters. The average Bonchev–Trinajstić information content (AvgIpc) is 2.80. The van der Waals surface area contributed by atoms with Crippen LogP contribution in [-0.2, 0) is 11.3 Å². The third-order valence-electron chi connectivity index (χ3n) is 5.92. The van der Waals surface area contributed by atoms with Crippen LogP contribution in [0.3, 0.4) is 0 Å². The highest BCUT2D eigenvalue weighted by atomic mass is 35.5. The van der Waals surface area contributed by atoms with Gasteiger partial charge in [-0.15, -0.1) is 0 Å². The van der Waals surface area contributed by atoms with Crippen molar-refractivity contribution in [2.24, 2.45) is 5.92 Å². The SMILES string of the molecule is CCOc1ccccc1C(=O)NC(C(=O)NC1CCN(Cc2ccc(Cl)cc2)CC1)C(C)C. The fourth-order valence-electron chi connectivity index (χ4n) is 4.06. The van der Waals surface area contributed by atoms with Crippen LogP contribution in [0.2, 0.25) is 5.02 Å². The fraction of sp³-hybridized carbons (Fsp3) is 0.462. The van der Waals surface area contributed by atoms with Crippen molar-refractivity contribution < 1.29 is 14.3 Å².